The van der Waals surface area contributed by atoms with Gasteiger partial charge in [-0.2, -0.15) is 0 Å². The molecule has 2 fully saturated rings. The molecule has 2 saturated heterocycles. The van der Waals surface area contributed by atoms with Gasteiger partial charge in [0.05, 0.1) is 0 Å². The number of hydrogen-bond acceptors (Lipinski definition) is 10. The van der Waals surface area contributed by atoms with Gasteiger partial charge in [-0.25, -0.2) is 9.97 Å². The monoisotopic (exact) mass is 600 g/mol. The molecule has 10 heteroatoms. The van der Waals surface area contributed by atoms with E-state index < -0.39 is 10.9 Å². The van der Waals surface area contributed by atoms with E-state index >= 15 is 0 Å². The summed E-state index contributed by atoms with van der Waals surface area (Å²) in [7, 11) is 0. The van der Waals surface area contributed by atoms with Crippen LogP contribution in [0.4, 0.5) is 11.4 Å². The number of hydrogen-bond donors (Lipinski definition) is 2. The Labute approximate surface area is 259 Å². The lowest BCUT2D eigenvalue weighted by Crippen LogP contribution is -2.37. The first-order valence-electron chi connectivity index (χ1n) is 15.9. The van der Waals surface area contributed by atoms with Crippen molar-refractivity contribution in [1.29, 1.82) is 0 Å². The number of nitrogens with one attached hydrogen (secondary N) is 2. The van der Waals surface area contributed by atoms with Gasteiger partial charge in [0.25, 0.3) is 10.9 Å². The number of nitrogens with zero attached hydrogens (tertiary/aromatic N) is 4. The second-order valence-corrected chi connectivity index (χ2v) is 11.4. The van der Waals surface area contributed by atoms with Crippen molar-refractivity contribution < 1.29 is 9.47 Å². The zero-order valence-corrected chi connectivity index (χ0v) is 25.5. The lowest BCUT2D eigenvalue weighted by Gasteiger charge is -2.26. The maximum Gasteiger partial charge on any atom is 0.253 e. The van der Waals surface area contributed by atoms with Crippen LogP contribution in [0.5, 0.6) is 11.8 Å². The van der Waals surface area contributed by atoms with E-state index in [2.05, 4.69) is 30.4 Å². The van der Waals surface area contributed by atoms with Gasteiger partial charge in [-0.05, 0) is 87.3 Å². The number of ether oxygens (including phenoxy) is 2. The molecule has 234 valence electrons. The average Bonchev–Trinajstić information content (AvgIpc) is 3.05. The molecule has 0 amide bonds. The lowest BCUT2D eigenvalue weighted by molar-refractivity contribution is 0.220. The van der Waals surface area contributed by atoms with Crippen LogP contribution in [0.25, 0.3) is 0 Å². The predicted octanol–water partition coefficient (Wildman–Crippen LogP) is 4.14. The van der Waals surface area contributed by atoms with Gasteiger partial charge in [0, 0.05) is 50.7 Å². The summed E-state index contributed by atoms with van der Waals surface area (Å²) in [6, 6.07) is 8.06. The fourth-order valence-corrected chi connectivity index (χ4v) is 5.63. The van der Waals surface area contributed by atoms with Crippen LogP contribution < -0.4 is 31.0 Å². The quantitative estimate of drug-likeness (QED) is 0.184. The van der Waals surface area contributed by atoms with Crippen molar-refractivity contribution in [2.75, 3.05) is 63.1 Å². The normalized spacial score (nSPS) is 16.5. The Morgan fingerprint density at radius 3 is 1.50 bits per heavy atom. The van der Waals surface area contributed by atoms with Gasteiger partial charge in [-0.15, -0.1) is 0 Å². The Bertz CT molecular complexity index is 1340. The third kappa shape index (κ3) is 9.49. The minimum atomic E-state index is -0.505. The largest absolute Gasteiger partial charge is 0.473 e. The SMILES string of the molecule is O=c1c(NC/C=C\COc2cc(CN3CCCCC3)ccn2)c(NC/C=C\COc2cc(CN3CCCCC3)ccn2)c1=O. The van der Waals surface area contributed by atoms with Gasteiger partial charge in [0.1, 0.15) is 24.6 Å². The molecule has 1 aromatic carbocycles. The number of pyridine rings is 2. The van der Waals surface area contributed by atoms with E-state index in [9.17, 15) is 9.59 Å². The molecule has 2 aliphatic heterocycles. The highest BCUT2D eigenvalue weighted by Gasteiger charge is 2.19. The second kappa shape index (κ2) is 16.7. The number of piperidine rings is 2. The molecule has 10 nitrogen and oxygen atoms in total. The summed E-state index contributed by atoms with van der Waals surface area (Å²) in [5, 5.41) is 6.07. The summed E-state index contributed by atoms with van der Waals surface area (Å²) < 4.78 is 11.6. The Morgan fingerprint density at radius 1 is 0.636 bits per heavy atom. The van der Waals surface area contributed by atoms with Gasteiger partial charge in [0.15, 0.2) is 0 Å². The Kier molecular flexibility index (Phi) is 11.9. The molecule has 0 unspecified atom stereocenters. The molecular weight excluding hydrogens is 556 g/mol. The van der Waals surface area contributed by atoms with Crippen LogP contribution in [0.15, 0.2) is 70.6 Å². The van der Waals surface area contributed by atoms with Crippen LogP contribution in [0, 0.1) is 0 Å². The van der Waals surface area contributed by atoms with Crippen molar-refractivity contribution in [1.82, 2.24) is 19.8 Å². The summed E-state index contributed by atoms with van der Waals surface area (Å²) in [6.45, 7) is 7.97. The van der Waals surface area contributed by atoms with Crippen molar-refractivity contribution in [3.8, 4) is 11.8 Å². The number of aromatic nitrogens is 2. The standard InChI is InChI=1S/C34H44N6O4/c41-33-31(37-13-3-9-21-43-29-23-27(11-15-35-29)25-39-17-5-1-6-18-39)32(34(33)42)38-14-4-10-22-44-30-24-28(12-16-36-30)26-40-19-7-2-8-20-40/h3-4,9-12,15-16,23-24,37-38H,1-2,5-8,13-14,17-22,25-26H2/b9-3-,10-4-. The molecule has 4 heterocycles. The highest BCUT2D eigenvalue weighted by molar-refractivity contribution is 5.74. The van der Waals surface area contributed by atoms with Crippen molar-refractivity contribution >= 4 is 11.4 Å². The van der Waals surface area contributed by atoms with Crippen molar-refractivity contribution in [3.63, 3.8) is 0 Å². The maximum absolute atomic E-state index is 12.1. The Hall–Kier alpha value is -4.02. The fourth-order valence-electron chi connectivity index (χ4n) is 5.63. The molecule has 0 atom stereocenters. The van der Waals surface area contributed by atoms with Gasteiger partial charge in [-0.3, -0.25) is 19.4 Å². The van der Waals surface area contributed by atoms with Crippen molar-refractivity contribution in [2.45, 2.75) is 51.6 Å². The molecule has 2 N–H and O–H groups in total. The van der Waals surface area contributed by atoms with E-state index in [4.69, 9.17) is 9.47 Å². The second-order valence-electron chi connectivity index (χ2n) is 11.4. The molecule has 0 spiro atoms. The van der Waals surface area contributed by atoms with Crippen LogP contribution >= 0.6 is 0 Å². The minimum absolute atomic E-state index is 0.312. The third-order valence-corrected chi connectivity index (χ3v) is 8.00. The highest BCUT2D eigenvalue weighted by atomic mass is 16.5. The zero-order valence-electron chi connectivity index (χ0n) is 25.5. The smallest absolute Gasteiger partial charge is 0.253 e. The van der Waals surface area contributed by atoms with Crippen molar-refractivity contribution in [2.24, 2.45) is 0 Å². The zero-order chi connectivity index (χ0) is 30.4. The summed E-state index contributed by atoms with van der Waals surface area (Å²) in [5.41, 5.74) is 2.02. The van der Waals surface area contributed by atoms with Crippen LogP contribution in [0.1, 0.15) is 49.7 Å². The van der Waals surface area contributed by atoms with Crippen LogP contribution in [-0.2, 0) is 13.1 Å². The maximum atomic E-state index is 12.1. The first-order valence-corrected chi connectivity index (χ1v) is 15.9. The first kappa shape index (κ1) is 31.4. The molecule has 44 heavy (non-hydrogen) atoms. The predicted molar refractivity (Wildman–Crippen MR) is 174 cm³/mol. The van der Waals surface area contributed by atoms with Crippen LogP contribution in [0.3, 0.4) is 0 Å². The topological polar surface area (TPSA) is 109 Å². The summed E-state index contributed by atoms with van der Waals surface area (Å²) in [6.07, 6.45) is 18.7. The molecule has 0 radical (unpaired) electrons. The Morgan fingerprint density at radius 2 is 1.07 bits per heavy atom. The highest BCUT2D eigenvalue weighted by Crippen LogP contribution is 2.17. The lowest BCUT2D eigenvalue weighted by atomic mass is 10.1. The minimum Gasteiger partial charge on any atom is -0.473 e. The molecule has 0 aliphatic carbocycles. The van der Waals surface area contributed by atoms with E-state index in [1.165, 1.54) is 49.7 Å². The van der Waals surface area contributed by atoms with Gasteiger partial charge >= 0.3 is 0 Å². The van der Waals surface area contributed by atoms with E-state index in [-0.39, 0.29) is 0 Å². The number of anilines is 2. The fraction of sp³-hybridized carbons (Fsp3) is 0.471. The average molecular weight is 601 g/mol. The molecule has 2 aromatic heterocycles. The van der Waals surface area contributed by atoms with E-state index in [1.54, 1.807) is 12.4 Å². The molecule has 5 rings (SSSR count). The number of rotatable bonds is 16. The van der Waals surface area contributed by atoms with Crippen LogP contribution in [-0.4, -0.2) is 72.3 Å². The number of likely N-dealkylation sites (tertiary alicyclic amines) is 2. The van der Waals surface area contributed by atoms with Gasteiger partial charge in [0.2, 0.25) is 11.8 Å². The van der Waals surface area contributed by atoms with Crippen LogP contribution in [0.2, 0.25) is 0 Å². The summed E-state index contributed by atoms with van der Waals surface area (Å²) in [4.78, 5) is 37.7. The summed E-state index contributed by atoms with van der Waals surface area (Å²) in [5.74, 6) is 1.20. The molecule has 0 bridgehead atoms. The molecule has 3 aromatic rings. The molecular formula is C34H44N6O4. The third-order valence-electron chi connectivity index (χ3n) is 8.00. The van der Waals surface area contributed by atoms with Crippen molar-refractivity contribution in [3.05, 3.63) is 92.5 Å². The van der Waals surface area contributed by atoms with E-state index in [0.717, 1.165) is 39.3 Å². The molecule has 2 aliphatic rings. The molecule has 0 saturated carbocycles. The van der Waals surface area contributed by atoms with E-state index in [0.29, 0.717) is 49.4 Å². The first-order chi connectivity index (χ1) is 21.7. The Balaban J connectivity index is 0.979. The van der Waals surface area contributed by atoms with Gasteiger partial charge < -0.3 is 20.1 Å². The summed E-state index contributed by atoms with van der Waals surface area (Å²) >= 11 is 0. The van der Waals surface area contributed by atoms with Gasteiger partial charge in [-0.1, -0.05) is 25.0 Å². The van der Waals surface area contributed by atoms with E-state index in [1.807, 2.05) is 48.6 Å².